The Morgan fingerprint density at radius 2 is 1.38 bits per heavy atom. The second-order valence-corrected chi connectivity index (χ2v) is 0.576. The van der Waals surface area contributed by atoms with E-state index in [9.17, 15) is 0 Å². The summed E-state index contributed by atoms with van der Waals surface area (Å²) in [4.78, 5) is 8.67. The zero-order valence-electron chi connectivity index (χ0n) is 4.17. The second-order valence-electron chi connectivity index (χ2n) is 0.196. The molecule has 0 radical (unpaired) electrons. The summed E-state index contributed by atoms with van der Waals surface area (Å²) in [7, 11) is 0. The monoisotopic (exact) mass is 171 g/mol. The third-order valence-corrected chi connectivity index (χ3v) is 0. The SMILES string of the molecule is N[NH3+].N[NH3+].O=[N+]([O-])[Co-2]. The van der Waals surface area contributed by atoms with Gasteiger partial charge in [-0.2, -0.15) is 11.7 Å². The fourth-order valence-electron chi connectivity index (χ4n) is 0. The average molecular weight is 171 g/mol. The van der Waals surface area contributed by atoms with E-state index in [0.29, 0.717) is 0 Å². The van der Waals surface area contributed by atoms with Gasteiger partial charge in [0, 0.05) is 0 Å². The van der Waals surface area contributed by atoms with Crippen molar-refractivity contribution in [3.05, 3.63) is 10.1 Å². The Hall–Kier alpha value is -0.254. The summed E-state index contributed by atoms with van der Waals surface area (Å²) >= 11 is 2.73. The topological polar surface area (TPSA) is 150 Å². The van der Waals surface area contributed by atoms with Gasteiger partial charge in [-0.15, -0.1) is 0 Å². The van der Waals surface area contributed by atoms with Crippen molar-refractivity contribution in [2.24, 2.45) is 11.7 Å². The van der Waals surface area contributed by atoms with Gasteiger partial charge in [-0.3, -0.25) is 11.7 Å². The van der Waals surface area contributed by atoms with E-state index in [0.717, 1.165) is 0 Å². The van der Waals surface area contributed by atoms with Crippen LogP contribution in [0.15, 0.2) is 0 Å². The number of nitrogens with zero attached hydrogens (tertiary/aromatic N) is 1. The summed E-state index contributed by atoms with van der Waals surface area (Å²) in [6.07, 6.45) is 0. The number of nitrogens with two attached hydrogens (primary N) is 2. The van der Waals surface area contributed by atoms with Crippen LogP contribution in [0, 0.1) is 10.1 Å². The molecular weight excluding hydrogens is 161 g/mol. The molecule has 0 bridgehead atoms. The van der Waals surface area contributed by atoms with Gasteiger partial charge in [0.25, 0.3) is 0 Å². The molecule has 0 saturated carbocycles. The van der Waals surface area contributed by atoms with E-state index in [2.05, 4.69) is 39.3 Å². The molecule has 0 fully saturated rings. The number of hydrogen-bond acceptors (Lipinski definition) is 4. The van der Waals surface area contributed by atoms with Crippen LogP contribution in [-0.4, -0.2) is 3.97 Å². The Bertz CT molecular complexity index is 33.4. The molecule has 0 atom stereocenters. The molecule has 0 aromatic carbocycles. The summed E-state index contributed by atoms with van der Waals surface area (Å²) in [5.41, 5.74) is 0. The van der Waals surface area contributed by atoms with Gasteiger partial charge in [0.15, 0.2) is 0 Å². The summed E-state index contributed by atoms with van der Waals surface area (Å²) in [5, 5.41) is 8.67. The first-order chi connectivity index (χ1) is 3.73. The summed E-state index contributed by atoms with van der Waals surface area (Å²) < 4.78 is -0.812. The van der Waals surface area contributed by atoms with E-state index in [-0.39, 0.29) is 0 Å². The van der Waals surface area contributed by atoms with Crippen molar-refractivity contribution in [2.45, 2.75) is 0 Å². The first-order valence-corrected chi connectivity index (χ1v) is 1.80. The Labute approximate surface area is 54.3 Å². The minimum absolute atomic E-state index is 0.812. The predicted octanol–water partition coefficient (Wildman–Crippen LogP) is -4.07. The molecule has 0 spiro atoms. The fraction of sp³-hybridized carbons (Fsp3) is 0. The van der Waals surface area contributed by atoms with Crippen molar-refractivity contribution in [1.29, 1.82) is 0 Å². The number of hydrogen-bond donors (Lipinski definition) is 4. The van der Waals surface area contributed by atoms with Crippen LogP contribution in [0.1, 0.15) is 0 Å². The van der Waals surface area contributed by atoms with Gasteiger partial charge < -0.3 is 0 Å². The van der Waals surface area contributed by atoms with E-state index < -0.39 is 3.97 Å². The molecule has 0 aliphatic heterocycles. The van der Waals surface area contributed by atoms with E-state index >= 15 is 0 Å². The predicted molar refractivity (Wildman–Crippen MR) is 21.1 cm³/mol. The van der Waals surface area contributed by atoms with Crippen molar-refractivity contribution >= 4 is 0 Å². The Morgan fingerprint density at radius 3 is 1.38 bits per heavy atom. The zero-order chi connectivity index (χ0) is 7.58. The molecule has 8 heteroatoms. The normalized spacial score (nSPS) is 4.75. The maximum atomic E-state index is 8.67. The Morgan fingerprint density at radius 1 is 1.38 bits per heavy atom. The van der Waals surface area contributed by atoms with E-state index in [4.69, 9.17) is 10.1 Å². The number of quaternary nitrogens is 2. The van der Waals surface area contributed by atoms with Crippen LogP contribution in [0.5, 0.6) is 0 Å². The van der Waals surface area contributed by atoms with Crippen LogP contribution < -0.4 is 23.4 Å². The Kier molecular flexibility index (Phi) is 57.8. The van der Waals surface area contributed by atoms with Crippen LogP contribution in [0.4, 0.5) is 0 Å². The molecule has 0 aromatic rings. The average Bonchev–Trinajstić information content (AvgIpc) is 1.75. The molecule has 0 amide bonds. The zero-order valence-corrected chi connectivity index (χ0v) is 5.21. The molecule has 10 N–H and O–H groups in total. The molecule has 0 unspecified atom stereocenters. The molecule has 7 nitrogen and oxygen atoms in total. The van der Waals surface area contributed by atoms with Gasteiger partial charge in [0.2, 0.25) is 0 Å². The minimum atomic E-state index is -0.812. The standard InChI is InChI=1S/Co.2H4N2.NO2/c;2*1-2;2-1-3/h;2*1-2H2;/q-2;;;/p+2. The van der Waals surface area contributed by atoms with Crippen LogP contribution >= 0.6 is 0 Å². The summed E-state index contributed by atoms with van der Waals surface area (Å²) in [6, 6.07) is 0. The fourth-order valence-corrected chi connectivity index (χ4v) is 0. The van der Waals surface area contributed by atoms with Crippen molar-refractivity contribution in [1.82, 2.24) is 0 Å². The molecule has 0 aromatic heterocycles. The molecule has 0 rings (SSSR count). The van der Waals surface area contributed by atoms with E-state index in [1.807, 2.05) is 0 Å². The van der Waals surface area contributed by atoms with Gasteiger partial charge in [-0.05, 0) is 0 Å². The van der Waals surface area contributed by atoms with Crippen molar-refractivity contribution in [2.75, 3.05) is 0 Å². The van der Waals surface area contributed by atoms with Crippen molar-refractivity contribution in [3.63, 3.8) is 0 Å². The van der Waals surface area contributed by atoms with Gasteiger partial charge in [0.05, 0.1) is 0 Å². The first kappa shape index (κ1) is 15.7. The first-order valence-electron chi connectivity index (χ1n) is 1.33. The number of rotatable bonds is 0. The third-order valence-electron chi connectivity index (χ3n) is 0. The molecular formula is H10CoN5O2. The van der Waals surface area contributed by atoms with Gasteiger partial charge in [-0.25, -0.2) is 0 Å². The van der Waals surface area contributed by atoms with Crippen molar-refractivity contribution in [3.8, 4) is 0 Å². The summed E-state index contributed by atoms with van der Waals surface area (Å²) in [5.74, 6) is 14.0. The van der Waals surface area contributed by atoms with Crippen LogP contribution in [0.3, 0.4) is 0 Å². The number of nitro groups is 1. The Balaban J connectivity index is -0.0000000542. The molecule has 0 saturated heterocycles. The molecule has 8 heavy (non-hydrogen) atoms. The van der Waals surface area contributed by atoms with Gasteiger partial charge in [-0.1, -0.05) is 0 Å². The van der Waals surface area contributed by atoms with Crippen LogP contribution in [-0.2, 0) is 16.0 Å². The quantitative estimate of drug-likeness (QED) is 0.166. The van der Waals surface area contributed by atoms with Gasteiger partial charge in [0.1, 0.15) is 0 Å². The van der Waals surface area contributed by atoms with Crippen molar-refractivity contribution < 1.29 is 31.6 Å². The summed E-state index contributed by atoms with van der Waals surface area (Å²) in [6.45, 7) is 0. The maximum absolute atomic E-state index is 8.67. The van der Waals surface area contributed by atoms with E-state index in [1.165, 1.54) is 0 Å². The molecule has 0 aliphatic rings. The van der Waals surface area contributed by atoms with Crippen LogP contribution in [0.2, 0.25) is 0 Å². The van der Waals surface area contributed by atoms with E-state index in [1.54, 1.807) is 0 Å². The second kappa shape index (κ2) is 29.5. The van der Waals surface area contributed by atoms with Gasteiger partial charge >= 0.3 is 30.0 Å². The third kappa shape index (κ3) is 2010. The molecule has 0 aliphatic carbocycles. The molecule has 56 valence electrons. The van der Waals surface area contributed by atoms with Crippen LogP contribution in [0.25, 0.3) is 0 Å². The molecule has 0 heterocycles.